The quantitative estimate of drug-likeness (QED) is 0.701. The molecular weight excluding hydrogens is 368 g/mol. The summed E-state index contributed by atoms with van der Waals surface area (Å²) in [5.41, 5.74) is 0.206. The summed E-state index contributed by atoms with van der Waals surface area (Å²) in [5, 5.41) is 13.8. The fourth-order valence-electron chi connectivity index (χ4n) is 4.38. The molecule has 0 radical (unpaired) electrons. The zero-order valence-electron chi connectivity index (χ0n) is 15.8. The molecule has 1 aromatic rings. The summed E-state index contributed by atoms with van der Waals surface area (Å²) in [4.78, 5) is 41.6. The minimum absolute atomic E-state index is 0.00684. The van der Waals surface area contributed by atoms with Gasteiger partial charge in [-0.3, -0.25) is 14.5 Å². The van der Waals surface area contributed by atoms with Gasteiger partial charge in [0.15, 0.2) is 0 Å². The van der Waals surface area contributed by atoms with E-state index in [2.05, 4.69) is 5.16 Å². The van der Waals surface area contributed by atoms with E-state index >= 15 is 0 Å². The summed E-state index contributed by atoms with van der Waals surface area (Å²) < 4.78 is 9.97. The lowest BCUT2D eigenvalue weighted by molar-refractivity contribution is -0.132. The normalized spacial score (nSPS) is 26.7. The van der Waals surface area contributed by atoms with Crippen LogP contribution in [0.5, 0.6) is 0 Å². The predicted molar refractivity (Wildman–Crippen MR) is 94.0 cm³/mol. The first-order chi connectivity index (χ1) is 13.4. The maximum atomic E-state index is 12.6. The second-order valence-electron chi connectivity index (χ2n) is 7.91. The molecule has 10 nitrogen and oxygen atoms in total. The smallest absolute Gasteiger partial charge is 0.410 e. The van der Waals surface area contributed by atoms with Crippen LogP contribution in [0.25, 0.3) is 0 Å². The first kappa shape index (κ1) is 18.7. The molecule has 0 unspecified atom stereocenters. The number of nitrogens with zero attached hydrogens (tertiary/aromatic N) is 4. The number of aliphatic hydroxyl groups is 1. The molecule has 0 bridgehead atoms. The van der Waals surface area contributed by atoms with Crippen molar-refractivity contribution in [1.29, 1.82) is 0 Å². The molecule has 3 aliphatic heterocycles. The molecule has 0 aliphatic carbocycles. The second-order valence-corrected chi connectivity index (χ2v) is 7.91. The molecule has 4 heterocycles. The number of fused-ring (bicyclic) bond motifs is 1. The van der Waals surface area contributed by atoms with Crippen LogP contribution in [0.15, 0.2) is 10.6 Å². The van der Waals surface area contributed by atoms with Crippen LogP contribution in [0.1, 0.15) is 11.5 Å². The molecule has 152 valence electrons. The Kier molecular flexibility index (Phi) is 4.74. The zero-order chi connectivity index (χ0) is 19.9. The minimum Gasteiger partial charge on any atom is -0.448 e. The lowest BCUT2D eigenvalue weighted by Gasteiger charge is -2.27. The number of rotatable bonds is 5. The molecule has 1 N–H and O–H groups in total. The molecule has 0 saturated carbocycles. The highest BCUT2D eigenvalue weighted by Gasteiger charge is 2.54. The Morgan fingerprint density at radius 2 is 2.00 bits per heavy atom. The summed E-state index contributed by atoms with van der Waals surface area (Å²) >= 11 is 0. The van der Waals surface area contributed by atoms with E-state index in [-0.39, 0.29) is 37.3 Å². The van der Waals surface area contributed by atoms with Crippen LogP contribution in [0.2, 0.25) is 0 Å². The molecule has 3 fully saturated rings. The third-order valence-electron chi connectivity index (χ3n) is 5.95. The molecule has 28 heavy (non-hydrogen) atoms. The Balaban J connectivity index is 1.36. The van der Waals surface area contributed by atoms with Gasteiger partial charge in [0.05, 0.1) is 25.3 Å². The van der Waals surface area contributed by atoms with Gasteiger partial charge in [0.25, 0.3) is 0 Å². The molecule has 2 atom stereocenters. The fourth-order valence-corrected chi connectivity index (χ4v) is 4.38. The van der Waals surface area contributed by atoms with Crippen LogP contribution < -0.4 is 0 Å². The first-order valence-corrected chi connectivity index (χ1v) is 9.40. The van der Waals surface area contributed by atoms with E-state index in [1.54, 1.807) is 22.8 Å². The number of ether oxygens (including phenoxy) is 1. The van der Waals surface area contributed by atoms with E-state index in [1.807, 2.05) is 0 Å². The number of aromatic nitrogens is 1. The predicted octanol–water partition coefficient (Wildman–Crippen LogP) is -0.743. The largest absolute Gasteiger partial charge is 0.448 e. The van der Waals surface area contributed by atoms with Gasteiger partial charge < -0.3 is 24.2 Å². The van der Waals surface area contributed by atoms with Crippen molar-refractivity contribution < 1.29 is 28.8 Å². The summed E-state index contributed by atoms with van der Waals surface area (Å²) in [5.74, 6) is 0.298. The Morgan fingerprint density at radius 1 is 1.29 bits per heavy atom. The van der Waals surface area contributed by atoms with Crippen LogP contribution >= 0.6 is 0 Å². The maximum Gasteiger partial charge on any atom is 0.410 e. The SMILES string of the molecule is Cc1cc(CC(=O)N2C[C@H]3CN(C(=O)CN4CCOC4=O)C[C@@]3(CO)C2)on1. The lowest BCUT2D eigenvalue weighted by atomic mass is 9.82. The van der Waals surface area contributed by atoms with Crippen LogP contribution in [0, 0.1) is 18.3 Å². The van der Waals surface area contributed by atoms with E-state index < -0.39 is 11.5 Å². The van der Waals surface area contributed by atoms with Gasteiger partial charge in [-0.2, -0.15) is 0 Å². The van der Waals surface area contributed by atoms with E-state index in [1.165, 1.54) is 4.90 Å². The second kappa shape index (κ2) is 7.08. The number of aliphatic hydroxyl groups excluding tert-OH is 1. The van der Waals surface area contributed by atoms with Crippen molar-refractivity contribution >= 4 is 17.9 Å². The highest BCUT2D eigenvalue weighted by Crippen LogP contribution is 2.42. The van der Waals surface area contributed by atoms with Crippen molar-refractivity contribution in [3.63, 3.8) is 0 Å². The molecule has 0 aromatic carbocycles. The summed E-state index contributed by atoms with van der Waals surface area (Å²) in [7, 11) is 0. The van der Waals surface area contributed by atoms with Crippen LogP contribution in [0.3, 0.4) is 0 Å². The van der Waals surface area contributed by atoms with Gasteiger partial charge in [0.1, 0.15) is 18.9 Å². The number of aryl methyl sites for hydroxylation is 1. The number of carbonyl (C=O) groups is 3. The molecule has 1 aromatic heterocycles. The van der Waals surface area contributed by atoms with E-state index in [9.17, 15) is 19.5 Å². The standard InChI is InChI=1S/C18H24N4O6/c1-12-4-14(28-19-12)5-15(24)21-6-13-7-22(10-18(13,9-21)11-23)16(25)8-20-2-3-27-17(20)26/h4,13,23H,2-3,5-11H2,1H3/t13-,18+/m0/s1. The maximum absolute atomic E-state index is 12.6. The van der Waals surface area contributed by atoms with Crippen LogP contribution in [0.4, 0.5) is 4.79 Å². The summed E-state index contributed by atoms with van der Waals surface area (Å²) in [6, 6.07) is 1.74. The number of amides is 3. The van der Waals surface area contributed by atoms with E-state index in [0.717, 1.165) is 5.69 Å². The first-order valence-electron chi connectivity index (χ1n) is 9.40. The van der Waals surface area contributed by atoms with Gasteiger partial charge in [-0.15, -0.1) is 0 Å². The monoisotopic (exact) mass is 392 g/mol. The zero-order valence-corrected chi connectivity index (χ0v) is 15.8. The van der Waals surface area contributed by atoms with E-state index in [0.29, 0.717) is 45.1 Å². The molecular formula is C18H24N4O6. The number of hydrogen-bond donors (Lipinski definition) is 1. The lowest BCUT2D eigenvalue weighted by Crippen LogP contribution is -2.44. The molecule has 3 saturated heterocycles. The Bertz CT molecular complexity index is 795. The van der Waals surface area contributed by atoms with Crippen molar-refractivity contribution in [3.8, 4) is 0 Å². The average Bonchev–Trinajstić information content (AvgIpc) is 3.39. The van der Waals surface area contributed by atoms with Gasteiger partial charge >= 0.3 is 6.09 Å². The molecule has 3 amide bonds. The number of likely N-dealkylation sites (tertiary alicyclic amines) is 2. The van der Waals surface area contributed by atoms with Crippen molar-refractivity contribution in [2.24, 2.45) is 11.3 Å². The number of carbonyl (C=O) groups excluding carboxylic acids is 3. The molecule has 3 aliphatic rings. The molecule has 0 spiro atoms. The highest BCUT2D eigenvalue weighted by atomic mass is 16.6. The van der Waals surface area contributed by atoms with Gasteiger partial charge in [0.2, 0.25) is 11.8 Å². The topological polar surface area (TPSA) is 116 Å². The minimum atomic E-state index is -0.520. The highest BCUT2D eigenvalue weighted by molar-refractivity contribution is 5.83. The molecule has 10 heteroatoms. The third kappa shape index (κ3) is 3.32. The van der Waals surface area contributed by atoms with Gasteiger partial charge in [0, 0.05) is 43.6 Å². The van der Waals surface area contributed by atoms with Crippen LogP contribution in [-0.4, -0.2) is 95.4 Å². The summed E-state index contributed by atoms with van der Waals surface area (Å²) in [6.45, 7) is 4.13. The van der Waals surface area contributed by atoms with Crippen molar-refractivity contribution in [1.82, 2.24) is 19.9 Å². The Morgan fingerprint density at radius 3 is 2.54 bits per heavy atom. The number of hydrogen-bond acceptors (Lipinski definition) is 7. The average molecular weight is 392 g/mol. The number of cyclic esters (lactones) is 1. The fraction of sp³-hybridized carbons (Fsp3) is 0.667. The van der Waals surface area contributed by atoms with Crippen molar-refractivity contribution in [2.75, 3.05) is 52.5 Å². The van der Waals surface area contributed by atoms with Gasteiger partial charge in [-0.05, 0) is 6.92 Å². The Hall–Kier alpha value is -2.62. The van der Waals surface area contributed by atoms with Gasteiger partial charge in [-0.1, -0.05) is 5.16 Å². The Labute approximate surface area is 162 Å². The summed E-state index contributed by atoms with van der Waals surface area (Å²) in [6.07, 6.45) is -0.335. The van der Waals surface area contributed by atoms with Gasteiger partial charge in [-0.25, -0.2) is 4.79 Å². The van der Waals surface area contributed by atoms with Crippen molar-refractivity contribution in [3.05, 3.63) is 17.5 Å². The third-order valence-corrected chi connectivity index (χ3v) is 5.95. The van der Waals surface area contributed by atoms with E-state index in [4.69, 9.17) is 9.26 Å². The van der Waals surface area contributed by atoms with Crippen molar-refractivity contribution in [2.45, 2.75) is 13.3 Å². The van der Waals surface area contributed by atoms with Crippen LogP contribution in [-0.2, 0) is 20.7 Å². The molecule has 4 rings (SSSR count).